The van der Waals surface area contributed by atoms with E-state index in [0.29, 0.717) is 6.42 Å². The van der Waals surface area contributed by atoms with Crippen LogP contribution in [0.3, 0.4) is 0 Å². The van der Waals surface area contributed by atoms with Crippen LogP contribution in [0.5, 0.6) is 0 Å². The number of piperazine rings is 1. The molecule has 2 fully saturated rings. The molecule has 0 aliphatic carbocycles. The number of aliphatic hydroxyl groups excluding tert-OH is 1. The average Bonchev–Trinajstić information content (AvgIpc) is 2.77. The van der Waals surface area contributed by atoms with Crippen LogP contribution in [0.25, 0.3) is 0 Å². The van der Waals surface area contributed by atoms with E-state index in [1.54, 1.807) is 0 Å². The van der Waals surface area contributed by atoms with E-state index < -0.39 is 5.92 Å². The van der Waals surface area contributed by atoms with E-state index in [-0.39, 0.29) is 12.6 Å². The van der Waals surface area contributed by atoms with Gasteiger partial charge in [0.2, 0.25) is 0 Å². The molecule has 1 unspecified atom stereocenters. The van der Waals surface area contributed by atoms with Crippen LogP contribution in [-0.4, -0.2) is 75.5 Å². The fourth-order valence-electron chi connectivity index (χ4n) is 4.37. The van der Waals surface area contributed by atoms with Gasteiger partial charge in [0.1, 0.15) is 0 Å². The lowest BCUT2D eigenvalue weighted by atomic mass is 9.94. The summed E-state index contributed by atoms with van der Waals surface area (Å²) in [6.45, 7) is 7.88. The Morgan fingerprint density at radius 1 is 1.18 bits per heavy atom. The lowest BCUT2D eigenvalue weighted by molar-refractivity contribution is -0.142. The predicted octanol–water partition coefficient (Wildman–Crippen LogP) is 1.84. The number of ether oxygens (including phenoxy) is 1. The van der Waals surface area contributed by atoms with Crippen molar-refractivity contribution in [3.8, 4) is 0 Å². The molecule has 1 atom stereocenters. The molecule has 6 nitrogen and oxygen atoms in total. The molecule has 1 aromatic carbocycles. The van der Waals surface area contributed by atoms with Gasteiger partial charge in [-0.1, -0.05) is 12.1 Å². The van der Waals surface area contributed by atoms with E-state index in [4.69, 9.17) is 4.74 Å². The quantitative estimate of drug-likeness (QED) is 0.662. The molecule has 2 saturated heterocycles. The lowest BCUT2D eigenvalue weighted by Crippen LogP contribution is -2.47. The van der Waals surface area contributed by atoms with Crippen molar-refractivity contribution in [2.45, 2.75) is 31.6 Å². The van der Waals surface area contributed by atoms with Crippen LogP contribution in [0.15, 0.2) is 24.3 Å². The third-order valence-corrected chi connectivity index (χ3v) is 6.25. The number of nitrogens with one attached hydrogen (secondary N) is 1. The molecule has 156 valence electrons. The first-order chi connectivity index (χ1) is 13.7. The maximum atomic E-state index is 11.9. The SMILES string of the molecule is COC(=O)C(CCO)c1ccc(N2CCN(CCC3CCNCC3)CC2)cc1. The van der Waals surface area contributed by atoms with E-state index in [0.717, 1.165) is 37.7 Å². The molecule has 2 heterocycles. The number of hydrogen-bond donors (Lipinski definition) is 2. The zero-order chi connectivity index (χ0) is 19.8. The number of piperidine rings is 1. The summed E-state index contributed by atoms with van der Waals surface area (Å²) >= 11 is 0. The second kappa shape index (κ2) is 10.8. The normalized spacial score (nSPS) is 20.1. The Hall–Kier alpha value is -1.63. The summed E-state index contributed by atoms with van der Waals surface area (Å²) in [6, 6.07) is 8.17. The molecular formula is C22H35N3O3. The molecule has 0 spiro atoms. The minimum Gasteiger partial charge on any atom is -0.469 e. The van der Waals surface area contributed by atoms with Crippen LogP contribution in [0.4, 0.5) is 5.69 Å². The first-order valence-corrected chi connectivity index (χ1v) is 10.7. The van der Waals surface area contributed by atoms with Crippen LogP contribution < -0.4 is 10.2 Å². The number of carbonyl (C=O) groups excluding carboxylic acids is 1. The highest BCUT2D eigenvalue weighted by atomic mass is 16.5. The summed E-state index contributed by atoms with van der Waals surface area (Å²) in [5, 5.41) is 12.7. The first kappa shape index (κ1) is 21.1. The van der Waals surface area contributed by atoms with E-state index in [1.807, 2.05) is 12.1 Å². The zero-order valence-electron chi connectivity index (χ0n) is 17.1. The Labute approximate surface area is 168 Å². The van der Waals surface area contributed by atoms with Gasteiger partial charge in [-0.25, -0.2) is 0 Å². The van der Waals surface area contributed by atoms with Crippen molar-refractivity contribution in [1.29, 1.82) is 0 Å². The molecule has 0 aromatic heterocycles. The van der Waals surface area contributed by atoms with Crippen LogP contribution >= 0.6 is 0 Å². The monoisotopic (exact) mass is 389 g/mol. The number of methoxy groups -OCH3 is 1. The molecule has 2 aliphatic rings. The Bertz CT molecular complexity index is 594. The minimum atomic E-state index is -0.393. The van der Waals surface area contributed by atoms with Gasteiger partial charge in [0.25, 0.3) is 0 Å². The van der Waals surface area contributed by atoms with Gasteiger partial charge < -0.3 is 20.1 Å². The summed E-state index contributed by atoms with van der Waals surface area (Å²) in [4.78, 5) is 17.0. The number of benzene rings is 1. The van der Waals surface area contributed by atoms with Gasteiger partial charge in [-0.2, -0.15) is 0 Å². The second-order valence-corrected chi connectivity index (χ2v) is 7.99. The fraction of sp³-hybridized carbons (Fsp3) is 0.682. The molecule has 3 rings (SSSR count). The van der Waals surface area contributed by atoms with E-state index >= 15 is 0 Å². The zero-order valence-corrected chi connectivity index (χ0v) is 17.1. The summed E-state index contributed by atoms with van der Waals surface area (Å²) in [5.74, 6) is 0.216. The van der Waals surface area contributed by atoms with Gasteiger partial charge in [0.05, 0.1) is 13.0 Å². The molecule has 0 bridgehead atoms. The number of carbonyl (C=O) groups is 1. The molecule has 2 aliphatic heterocycles. The molecule has 28 heavy (non-hydrogen) atoms. The molecule has 0 radical (unpaired) electrons. The maximum Gasteiger partial charge on any atom is 0.313 e. The molecule has 6 heteroatoms. The van der Waals surface area contributed by atoms with Crippen LogP contribution in [0.1, 0.15) is 37.2 Å². The Kier molecular flexibility index (Phi) is 8.13. The largest absolute Gasteiger partial charge is 0.469 e. The predicted molar refractivity (Wildman–Crippen MR) is 112 cm³/mol. The highest BCUT2D eigenvalue weighted by Gasteiger charge is 2.22. The smallest absolute Gasteiger partial charge is 0.313 e. The van der Waals surface area contributed by atoms with Crippen molar-refractivity contribution in [2.24, 2.45) is 5.92 Å². The topological polar surface area (TPSA) is 65.0 Å². The average molecular weight is 390 g/mol. The minimum absolute atomic E-state index is 0.0269. The summed E-state index contributed by atoms with van der Waals surface area (Å²) < 4.78 is 4.87. The Balaban J connectivity index is 1.48. The standard InChI is InChI=1S/C22H35N3O3/c1-28-22(27)21(9-17-26)19-2-4-20(5-3-19)25-15-13-24(14-16-25)12-8-18-6-10-23-11-7-18/h2-5,18,21,23,26H,6-17H2,1H3. The summed E-state index contributed by atoms with van der Waals surface area (Å²) in [6.07, 6.45) is 4.38. The van der Waals surface area contributed by atoms with Gasteiger partial charge in [-0.15, -0.1) is 0 Å². The van der Waals surface area contributed by atoms with Crippen LogP contribution in [0.2, 0.25) is 0 Å². The lowest BCUT2D eigenvalue weighted by Gasteiger charge is -2.37. The van der Waals surface area contributed by atoms with Gasteiger partial charge >= 0.3 is 5.97 Å². The van der Waals surface area contributed by atoms with Gasteiger partial charge in [0, 0.05) is 38.5 Å². The van der Waals surface area contributed by atoms with E-state index in [2.05, 4.69) is 27.2 Å². The van der Waals surface area contributed by atoms with Crippen molar-refractivity contribution in [2.75, 3.05) is 64.4 Å². The van der Waals surface area contributed by atoms with Crippen LogP contribution in [0, 0.1) is 5.92 Å². The second-order valence-electron chi connectivity index (χ2n) is 7.99. The first-order valence-electron chi connectivity index (χ1n) is 10.7. The number of hydrogen-bond acceptors (Lipinski definition) is 6. The van der Waals surface area contributed by atoms with Gasteiger partial charge in [-0.05, 0) is 68.9 Å². The number of aliphatic hydroxyl groups is 1. The maximum absolute atomic E-state index is 11.9. The fourth-order valence-corrected chi connectivity index (χ4v) is 4.37. The van der Waals surface area contributed by atoms with E-state index in [9.17, 15) is 9.90 Å². The van der Waals surface area contributed by atoms with Crippen molar-refractivity contribution in [3.63, 3.8) is 0 Å². The van der Waals surface area contributed by atoms with Gasteiger partial charge in [0.15, 0.2) is 0 Å². The molecular weight excluding hydrogens is 354 g/mol. The van der Waals surface area contributed by atoms with E-state index in [1.165, 1.54) is 51.7 Å². The molecule has 2 N–H and O–H groups in total. The van der Waals surface area contributed by atoms with Crippen LogP contribution in [-0.2, 0) is 9.53 Å². The number of anilines is 1. The third kappa shape index (κ3) is 5.69. The third-order valence-electron chi connectivity index (χ3n) is 6.25. The van der Waals surface area contributed by atoms with Gasteiger partial charge in [-0.3, -0.25) is 9.69 Å². The Morgan fingerprint density at radius 3 is 2.46 bits per heavy atom. The van der Waals surface area contributed by atoms with Crippen molar-refractivity contribution in [3.05, 3.63) is 29.8 Å². The summed E-state index contributed by atoms with van der Waals surface area (Å²) in [7, 11) is 1.39. The summed E-state index contributed by atoms with van der Waals surface area (Å²) in [5.41, 5.74) is 2.11. The van der Waals surface area contributed by atoms with Crippen molar-refractivity contribution >= 4 is 11.7 Å². The number of nitrogens with zero attached hydrogens (tertiary/aromatic N) is 2. The molecule has 1 aromatic rings. The highest BCUT2D eigenvalue weighted by Crippen LogP contribution is 2.25. The molecule has 0 amide bonds. The Morgan fingerprint density at radius 2 is 1.86 bits per heavy atom. The molecule has 0 saturated carbocycles. The van der Waals surface area contributed by atoms with Crippen molar-refractivity contribution < 1.29 is 14.6 Å². The highest BCUT2D eigenvalue weighted by molar-refractivity contribution is 5.78. The van der Waals surface area contributed by atoms with Crippen molar-refractivity contribution in [1.82, 2.24) is 10.2 Å². The number of rotatable bonds is 8. The number of esters is 1.